The van der Waals surface area contributed by atoms with Gasteiger partial charge in [-0.15, -0.1) is 0 Å². The Bertz CT molecular complexity index is 578. The van der Waals surface area contributed by atoms with Gasteiger partial charge in [-0.1, -0.05) is 0 Å². The number of rotatable bonds is 2. The van der Waals surface area contributed by atoms with E-state index < -0.39 is 5.97 Å². The van der Waals surface area contributed by atoms with Crippen molar-refractivity contribution in [3.8, 4) is 11.4 Å². The maximum Gasteiger partial charge on any atom is 0.355 e. The molecule has 0 aliphatic heterocycles. The van der Waals surface area contributed by atoms with E-state index in [1.807, 2.05) is 0 Å². The van der Waals surface area contributed by atoms with Crippen LogP contribution in [0.1, 0.15) is 10.5 Å². The maximum atomic E-state index is 12.8. The van der Waals surface area contributed by atoms with Gasteiger partial charge < -0.3 is 9.67 Å². The van der Waals surface area contributed by atoms with Crippen LogP contribution in [0.5, 0.6) is 0 Å². The number of nitrogens with zero attached hydrogens (tertiary/aromatic N) is 2. The van der Waals surface area contributed by atoms with Crippen LogP contribution in [0.3, 0.4) is 0 Å². The summed E-state index contributed by atoms with van der Waals surface area (Å²) in [5.74, 6) is -0.949. The first-order valence-corrected chi connectivity index (χ1v) is 5.51. The Morgan fingerprint density at radius 2 is 2.00 bits per heavy atom. The molecule has 0 atom stereocenters. The monoisotopic (exact) mass is 298 g/mol. The van der Waals surface area contributed by atoms with Crippen LogP contribution in [0.25, 0.3) is 11.4 Å². The third kappa shape index (κ3) is 2.08. The smallest absolute Gasteiger partial charge is 0.355 e. The van der Waals surface area contributed by atoms with Crippen molar-refractivity contribution in [3.63, 3.8) is 0 Å². The van der Waals surface area contributed by atoms with Gasteiger partial charge in [0.2, 0.25) is 0 Å². The maximum absolute atomic E-state index is 12.8. The molecule has 0 bridgehead atoms. The van der Waals surface area contributed by atoms with Crippen molar-refractivity contribution in [3.05, 3.63) is 40.4 Å². The number of hydrogen-bond donors (Lipinski definition) is 1. The van der Waals surface area contributed by atoms with Gasteiger partial charge in [0, 0.05) is 12.6 Å². The van der Waals surface area contributed by atoms with Crippen LogP contribution >= 0.6 is 15.9 Å². The molecular formula is C11H8BrFN2O2. The molecule has 0 aliphatic carbocycles. The lowest BCUT2D eigenvalue weighted by molar-refractivity contribution is 0.0685. The van der Waals surface area contributed by atoms with E-state index in [2.05, 4.69) is 20.9 Å². The second-order valence-corrected chi connectivity index (χ2v) is 4.20. The fourth-order valence-corrected chi connectivity index (χ4v) is 2.16. The van der Waals surface area contributed by atoms with Gasteiger partial charge in [0.15, 0.2) is 5.69 Å². The third-order valence-electron chi connectivity index (χ3n) is 2.36. The Hall–Kier alpha value is -1.69. The van der Waals surface area contributed by atoms with Crippen LogP contribution in [-0.4, -0.2) is 20.6 Å². The van der Waals surface area contributed by atoms with Gasteiger partial charge >= 0.3 is 5.97 Å². The number of hydrogen-bond acceptors (Lipinski definition) is 2. The fraction of sp³-hybridized carbons (Fsp3) is 0.0909. The van der Waals surface area contributed by atoms with Crippen molar-refractivity contribution >= 4 is 21.9 Å². The highest BCUT2D eigenvalue weighted by molar-refractivity contribution is 9.10. The molecule has 1 N–H and O–H groups in total. The highest BCUT2D eigenvalue weighted by atomic mass is 79.9. The molecule has 4 nitrogen and oxygen atoms in total. The van der Waals surface area contributed by atoms with Crippen molar-refractivity contribution in [1.82, 2.24) is 9.55 Å². The summed E-state index contributed by atoms with van der Waals surface area (Å²) in [6.07, 6.45) is 0. The minimum atomic E-state index is -1.07. The molecule has 2 rings (SSSR count). The van der Waals surface area contributed by atoms with E-state index in [-0.39, 0.29) is 16.1 Å². The molecule has 0 fully saturated rings. The van der Waals surface area contributed by atoms with Crippen LogP contribution in [0.2, 0.25) is 0 Å². The average Bonchev–Trinajstić information content (AvgIpc) is 2.55. The summed E-state index contributed by atoms with van der Waals surface area (Å²) in [4.78, 5) is 15.1. The normalized spacial score (nSPS) is 10.5. The van der Waals surface area contributed by atoms with Gasteiger partial charge in [-0.2, -0.15) is 0 Å². The van der Waals surface area contributed by atoms with E-state index in [0.717, 1.165) is 0 Å². The highest BCUT2D eigenvalue weighted by Crippen LogP contribution is 2.24. The standard InChI is InChI=1S/C11H8BrFN2O2/c1-15-8(11(16)17)9(12)14-10(15)6-2-4-7(13)5-3-6/h2-5H,1H3,(H,16,17). The number of imidazole rings is 1. The van der Waals surface area contributed by atoms with Gasteiger partial charge in [-0.25, -0.2) is 14.2 Å². The molecule has 0 radical (unpaired) electrons. The first-order chi connectivity index (χ1) is 8.00. The van der Waals surface area contributed by atoms with Crippen LogP contribution in [0.15, 0.2) is 28.9 Å². The predicted molar refractivity (Wildman–Crippen MR) is 63.3 cm³/mol. The largest absolute Gasteiger partial charge is 0.476 e. The molecule has 1 aromatic heterocycles. The Balaban J connectivity index is 2.57. The molecule has 0 saturated heterocycles. The lowest BCUT2D eigenvalue weighted by Crippen LogP contribution is -2.05. The zero-order valence-corrected chi connectivity index (χ0v) is 10.4. The van der Waals surface area contributed by atoms with Crippen LogP contribution < -0.4 is 0 Å². The summed E-state index contributed by atoms with van der Waals surface area (Å²) in [6, 6.07) is 5.71. The molecule has 0 unspecified atom stereocenters. The Morgan fingerprint density at radius 3 is 2.47 bits per heavy atom. The van der Waals surface area contributed by atoms with E-state index >= 15 is 0 Å². The molecule has 0 aliphatic rings. The van der Waals surface area contributed by atoms with E-state index in [9.17, 15) is 9.18 Å². The Kier molecular flexibility index (Phi) is 2.97. The Morgan fingerprint density at radius 1 is 1.41 bits per heavy atom. The van der Waals surface area contributed by atoms with Crippen molar-refractivity contribution < 1.29 is 14.3 Å². The van der Waals surface area contributed by atoms with Gasteiger partial charge in [-0.05, 0) is 40.2 Å². The summed E-state index contributed by atoms with van der Waals surface area (Å²) in [5.41, 5.74) is 0.714. The SMILES string of the molecule is Cn1c(-c2ccc(F)cc2)nc(Br)c1C(=O)O. The molecule has 0 saturated carbocycles. The minimum absolute atomic E-state index is 0.0596. The van der Waals surface area contributed by atoms with Crippen molar-refractivity contribution in [2.45, 2.75) is 0 Å². The van der Waals surface area contributed by atoms with E-state index in [1.54, 1.807) is 19.2 Å². The molecule has 0 spiro atoms. The molecule has 17 heavy (non-hydrogen) atoms. The number of carbonyl (C=O) groups is 1. The van der Waals surface area contributed by atoms with Crippen LogP contribution in [-0.2, 0) is 7.05 Å². The number of halogens is 2. The zero-order chi connectivity index (χ0) is 12.6. The summed E-state index contributed by atoms with van der Waals surface area (Å²) in [7, 11) is 1.60. The second kappa shape index (κ2) is 4.29. The third-order valence-corrected chi connectivity index (χ3v) is 2.91. The van der Waals surface area contributed by atoms with Crippen LogP contribution in [0, 0.1) is 5.82 Å². The molecule has 0 amide bonds. The molecular weight excluding hydrogens is 291 g/mol. The average molecular weight is 299 g/mol. The molecule has 1 heterocycles. The van der Waals surface area contributed by atoms with Crippen LogP contribution in [0.4, 0.5) is 4.39 Å². The number of aromatic nitrogens is 2. The fourth-order valence-electron chi connectivity index (χ4n) is 1.55. The minimum Gasteiger partial charge on any atom is -0.476 e. The predicted octanol–water partition coefficient (Wildman–Crippen LogP) is 2.69. The topological polar surface area (TPSA) is 55.1 Å². The van der Waals surface area contributed by atoms with E-state index in [4.69, 9.17) is 5.11 Å². The highest BCUT2D eigenvalue weighted by Gasteiger charge is 2.19. The van der Waals surface area contributed by atoms with Gasteiger partial charge in [0.1, 0.15) is 16.2 Å². The second-order valence-electron chi connectivity index (χ2n) is 3.45. The van der Waals surface area contributed by atoms with Gasteiger partial charge in [0.05, 0.1) is 0 Å². The van der Waals surface area contributed by atoms with Crippen molar-refractivity contribution in [2.75, 3.05) is 0 Å². The summed E-state index contributed by atoms with van der Waals surface area (Å²) < 4.78 is 14.5. The first kappa shape index (κ1) is 11.8. The summed E-state index contributed by atoms with van der Waals surface area (Å²) in [6.45, 7) is 0. The van der Waals surface area contributed by atoms with E-state index in [1.165, 1.54) is 16.7 Å². The zero-order valence-electron chi connectivity index (χ0n) is 8.82. The summed E-state index contributed by atoms with van der Waals surface area (Å²) >= 11 is 3.09. The molecule has 6 heteroatoms. The van der Waals surface area contributed by atoms with Crippen molar-refractivity contribution in [2.24, 2.45) is 7.05 Å². The number of benzene rings is 1. The Labute approximate surface area is 105 Å². The first-order valence-electron chi connectivity index (χ1n) is 4.72. The lowest BCUT2D eigenvalue weighted by atomic mass is 10.2. The summed E-state index contributed by atoms with van der Waals surface area (Å²) in [5, 5.41) is 9.00. The lowest BCUT2D eigenvalue weighted by Gasteiger charge is -2.02. The quantitative estimate of drug-likeness (QED) is 0.927. The van der Waals surface area contributed by atoms with Crippen molar-refractivity contribution in [1.29, 1.82) is 0 Å². The number of aromatic carboxylic acids is 1. The molecule has 2 aromatic rings. The molecule has 88 valence electrons. The van der Waals surface area contributed by atoms with Gasteiger partial charge in [-0.3, -0.25) is 0 Å². The number of carboxylic acids is 1. The van der Waals surface area contributed by atoms with Gasteiger partial charge in [0.25, 0.3) is 0 Å². The van der Waals surface area contributed by atoms with E-state index in [0.29, 0.717) is 11.4 Å². The number of carboxylic acid groups (broad SMARTS) is 1. The molecule has 1 aromatic carbocycles.